The second-order valence-electron chi connectivity index (χ2n) is 6.08. The van der Waals surface area contributed by atoms with Crippen molar-refractivity contribution in [3.8, 4) is 11.3 Å². The van der Waals surface area contributed by atoms with Crippen LogP contribution in [0.15, 0.2) is 65.1 Å². The number of carbonyl (C=O) groups is 1. The van der Waals surface area contributed by atoms with E-state index < -0.39 is 5.97 Å². The molecule has 2 aromatic heterocycles. The number of halogens is 2. The number of carboxylic acid groups (broad SMARTS) is 1. The monoisotopic (exact) mass is 409 g/mol. The van der Waals surface area contributed by atoms with Crippen LogP contribution in [-0.2, 0) is 0 Å². The topological polar surface area (TPSA) is 63.3 Å². The van der Waals surface area contributed by atoms with Gasteiger partial charge in [0.15, 0.2) is 0 Å². The lowest BCUT2D eigenvalue weighted by Crippen LogP contribution is -2.00. The molecule has 0 radical (unpaired) electrons. The SMILES string of the molecule is O=C(O)c1cc(/C=C/c2ccc(-c3cc(Cl)ccc3Cl)o2)nc2ccccc12. The van der Waals surface area contributed by atoms with Crippen LogP contribution in [0.4, 0.5) is 0 Å². The third-order valence-electron chi connectivity index (χ3n) is 4.21. The zero-order chi connectivity index (χ0) is 19.7. The summed E-state index contributed by atoms with van der Waals surface area (Å²) in [6.07, 6.45) is 3.44. The summed E-state index contributed by atoms with van der Waals surface area (Å²) in [5.74, 6) is 0.173. The zero-order valence-corrected chi connectivity index (χ0v) is 15.9. The molecule has 138 valence electrons. The number of fused-ring (bicyclic) bond motifs is 1. The first-order valence-corrected chi connectivity index (χ1v) is 9.13. The van der Waals surface area contributed by atoms with Gasteiger partial charge in [0.2, 0.25) is 0 Å². The zero-order valence-electron chi connectivity index (χ0n) is 14.4. The van der Waals surface area contributed by atoms with E-state index in [-0.39, 0.29) is 5.56 Å². The van der Waals surface area contributed by atoms with Gasteiger partial charge in [-0.1, -0.05) is 41.4 Å². The van der Waals surface area contributed by atoms with E-state index in [1.807, 2.05) is 6.07 Å². The first-order chi connectivity index (χ1) is 13.5. The molecule has 4 rings (SSSR count). The van der Waals surface area contributed by atoms with Crippen LogP contribution in [0.3, 0.4) is 0 Å². The van der Waals surface area contributed by atoms with Crippen molar-refractivity contribution < 1.29 is 14.3 Å². The predicted molar refractivity (Wildman–Crippen MR) is 112 cm³/mol. The van der Waals surface area contributed by atoms with Crippen molar-refractivity contribution in [2.45, 2.75) is 0 Å². The molecule has 2 aromatic carbocycles. The Bertz CT molecular complexity index is 1230. The number of aromatic nitrogens is 1. The van der Waals surface area contributed by atoms with Crippen molar-refractivity contribution in [2.24, 2.45) is 0 Å². The highest BCUT2D eigenvalue weighted by molar-refractivity contribution is 6.35. The molecule has 0 aliphatic heterocycles. The first kappa shape index (κ1) is 18.3. The van der Waals surface area contributed by atoms with Gasteiger partial charge in [0, 0.05) is 16.0 Å². The van der Waals surface area contributed by atoms with Gasteiger partial charge >= 0.3 is 5.97 Å². The van der Waals surface area contributed by atoms with E-state index in [0.29, 0.717) is 43.7 Å². The van der Waals surface area contributed by atoms with Gasteiger partial charge in [-0.3, -0.25) is 0 Å². The highest BCUT2D eigenvalue weighted by atomic mass is 35.5. The molecule has 4 aromatic rings. The number of furan rings is 1. The maximum atomic E-state index is 11.6. The summed E-state index contributed by atoms with van der Waals surface area (Å²) in [4.78, 5) is 16.1. The number of hydrogen-bond acceptors (Lipinski definition) is 3. The molecule has 0 spiro atoms. The number of rotatable bonds is 4. The molecule has 6 heteroatoms. The van der Waals surface area contributed by atoms with E-state index in [0.717, 1.165) is 0 Å². The minimum absolute atomic E-state index is 0.205. The van der Waals surface area contributed by atoms with E-state index in [1.54, 1.807) is 66.7 Å². The van der Waals surface area contributed by atoms with E-state index >= 15 is 0 Å². The molecule has 0 atom stereocenters. The van der Waals surface area contributed by atoms with Gasteiger partial charge in [0.25, 0.3) is 0 Å². The second-order valence-corrected chi connectivity index (χ2v) is 6.92. The fourth-order valence-corrected chi connectivity index (χ4v) is 3.28. The smallest absolute Gasteiger partial charge is 0.336 e. The average molecular weight is 410 g/mol. The highest BCUT2D eigenvalue weighted by Crippen LogP contribution is 2.32. The lowest BCUT2D eigenvalue weighted by atomic mass is 10.1. The van der Waals surface area contributed by atoms with Crippen molar-refractivity contribution >= 4 is 52.2 Å². The van der Waals surface area contributed by atoms with Crippen molar-refractivity contribution in [3.05, 3.63) is 87.7 Å². The summed E-state index contributed by atoms with van der Waals surface area (Å²) in [7, 11) is 0. The molecule has 28 heavy (non-hydrogen) atoms. The summed E-state index contributed by atoms with van der Waals surface area (Å²) in [6, 6.07) is 17.4. The number of hydrogen-bond donors (Lipinski definition) is 1. The number of para-hydroxylation sites is 1. The Labute approximate surface area is 170 Å². The van der Waals surface area contributed by atoms with E-state index in [2.05, 4.69) is 4.98 Å². The average Bonchev–Trinajstić information content (AvgIpc) is 3.16. The van der Waals surface area contributed by atoms with Gasteiger partial charge in [0.05, 0.1) is 21.8 Å². The maximum absolute atomic E-state index is 11.6. The lowest BCUT2D eigenvalue weighted by Gasteiger charge is -2.03. The molecule has 0 saturated heterocycles. The lowest BCUT2D eigenvalue weighted by molar-refractivity contribution is 0.0699. The fourth-order valence-electron chi connectivity index (χ4n) is 2.90. The summed E-state index contributed by atoms with van der Waals surface area (Å²) in [5, 5.41) is 11.2. The van der Waals surface area contributed by atoms with Crippen LogP contribution >= 0.6 is 23.2 Å². The van der Waals surface area contributed by atoms with Gasteiger partial charge in [-0.25, -0.2) is 9.78 Å². The Morgan fingerprint density at radius 2 is 1.82 bits per heavy atom. The van der Waals surface area contributed by atoms with Crippen LogP contribution < -0.4 is 0 Å². The fraction of sp³-hybridized carbons (Fsp3) is 0. The molecule has 4 nitrogen and oxygen atoms in total. The standard InChI is InChI=1S/C22H13Cl2NO3/c23-13-5-9-19(24)18(11-13)21-10-8-15(28-21)7-6-14-12-17(22(26)27)16-3-1-2-4-20(16)25-14/h1-12H,(H,26,27)/b7-6+. The number of benzene rings is 2. The van der Waals surface area contributed by atoms with Gasteiger partial charge in [0.1, 0.15) is 11.5 Å². The van der Waals surface area contributed by atoms with Crippen molar-refractivity contribution in [1.82, 2.24) is 4.98 Å². The molecule has 0 unspecified atom stereocenters. The van der Waals surface area contributed by atoms with E-state index in [4.69, 9.17) is 27.6 Å². The van der Waals surface area contributed by atoms with E-state index in [1.165, 1.54) is 0 Å². The summed E-state index contributed by atoms with van der Waals surface area (Å²) >= 11 is 12.2. The minimum atomic E-state index is -0.996. The van der Waals surface area contributed by atoms with E-state index in [9.17, 15) is 9.90 Å². The van der Waals surface area contributed by atoms with Crippen molar-refractivity contribution in [3.63, 3.8) is 0 Å². The van der Waals surface area contributed by atoms with Crippen LogP contribution in [0.2, 0.25) is 10.0 Å². The van der Waals surface area contributed by atoms with Crippen LogP contribution in [0, 0.1) is 0 Å². The summed E-state index contributed by atoms with van der Waals surface area (Å²) < 4.78 is 5.82. The quantitative estimate of drug-likeness (QED) is 0.408. The normalized spacial score (nSPS) is 11.4. The van der Waals surface area contributed by atoms with Crippen molar-refractivity contribution in [2.75, 3.05) is 0 Å². The number of carboxylic acids is 1. The molecule has 0 aliphatic carbocycles. The molecular formula is C22H13Cl2NO3. The largest absolute Gasteiger partial charge is 0.478 e. The molecule has 2 heterocycles. The minimum Gasteiger partial charge on any atom is -0.478 e. The number of aromatic carboxylic acids is 1. The first-order valence-electron chi connectivity index (χ1n) is 8.38. The molecule has 0 bridgehead atoms. The molecule has 0 amide bonds. The summed E-state index contributed by atoms with van der Waals surface area (Å²) in [5.41, 5.74) is 2.05. The number of nitrogens with zero attached hydrogens (tertiary/aromatic N) is 1. The van der Waals surface area contributed by atoms with Gasteiger partial charge in [-0.2, -0.15) is 0 Å². The predicted octanol–water partition coefficient (Wildman–Crippen LogP) is 6.67. The molecule has 0 aliphatic rings. The second kappa shape index (κ2) is 7.50. The van der Waals surface area contributed by atoms with Crippen molar-refractivity contribution in [1.29, 1.82) is 0 Å². The molecule has 0 fully saturated rings. The van der Waals surface area contributed by atoms with Gasteiger partial charge < -0.3 is 9.52 Å². The Balaban J connectivity index is 1.68. The van der Waals surface area contributed by atoms with Crippen LogP contribution in [0.25, 0.3) is 34.4 Å². The molecule has 0 saturated carbocycles. The molecule has 1 N–H and O–H groups in total. The van der Waals surface area contributed by atoms with Crippen LogP contribution in [0.1, 0.15) is 21.8 Å². The molecular weight excluding hydrogens is 397 g/mol. The third kappa shape index (κ3) is 3.65. The highest BCUT2D eigenvalue weighted by Gasteiger charge is 2.11. The van der Waals surface area contributed by atoms with Crippen LogP contribution in [0.5, 0.6) is 0 Å². The Hall–Kier alpha value is -3.08. The van der Waals surface area contributed by atoms with Gasteiger partial charge in [-0.05, 0) is 54.6 Å². The Morgan fingerprint density at radius 3 is 2.64 bits per heavy atom. The van der Waals surface area contributed by atoms with Crippen LogP contribution in [-0.4, -0.2) is 16.1 Å². The maximum Gasteiger partial charge on any atom is 0.336 e. The Kier molecular flexibility index (Phi) is 4.90. The number of pyridine rings is 1. The third-order valence-corrected chi connectivity index (χ3v) is 4.77. The Morgan fingerprint density at radius 1 is 1.00 bits per heavy atom. The van der Waals surface area contributed by atoms with Gasteiger partial charge in [-0.15, -0.1) is 0 Å². The summed E-state index contributed by atoms with van der Waals surface area (Å²) in [6.45, 7) is 0.